The van der Waals surface area contributed by atoms with E-state index >= 15 is 0 Å². The van der Waals surface area contributed by atoms with E-state index < -0.39 is 0 Å². The third-order valence-electron chi connectivity index (χ3n) is 7.42. The SMILES string of the molecule is O=C(Nc1nc2ccc(NC(=O)C34CC5CC(CC(C5)C3)C4)cc2s1)c1ccccc1. The van der Waals surface area contributed by atoms with Gasteiger partial charge in [-0.25, -0.2) is 4.98 Å². The molecule has 31 heavy (non-hydrogen) atoms. The molecule has 4 bridgehead atoms. The van der Waals surface area contributed by atoms with E-state index in [1.54, 1.807) is 12.1 Å². The van der Waals surface area contributed by atoms with Gasteiger partial charge in [-0.1, -0.05) is 29.5 Å². The molecule has 5 nitrogen and oxygen atoms in total. The largest absolute Gasteiger partial charge is 0.326 e. The maximum atomic E-state index is 13.3. The van der Waals surface area contributed by atoms with Crippen molar-refractivity contribution >= 4 is 44.2 Å². The maximum Gasteiger partial charge on any atom is 0.257 e. The summed E-state index contributed by atoms with van der Waals surface area (Å²) < 4.78 is 0.951. The lowest BCUT2D eigenvalue weighted by molar-refractivity contribution is -0.140. The molecule has 0 saturated heterocycles. The molecule has 4 aliphatic rings. The zero-order valence-electron chi connectivity index (χ0n) is 17.3. The van der Waals surface area contributed by atoms with Crippen molar-refractivity contribution < 1.29 is 9.59 Å². The Morgan fingerprint density at radius 1 is 0.903 bits per heavy atom. The topological polar surface area (TPSA) is 71.1 Å². The van der Waals surface area contributed by atoms with Crippen molar-refractivity contribution in [2.45, 2.75) is 38.5 Å². The molecule has 0 radical (unpaired) electrons. The van der Waals surface area contributed by atoms with Crippen molar-refractivity contribution in [3.05, 3.63) is 54.1 Å². The minimum absolute atomic E-state index is 0.160. The lowest BCUT2D eigenvalue weighted by Crippen LogP contribution is -2.51. The number of rotatable bonds is 4. The number of carbonyl (C=O) groups is 2. The number of nitrogens with one attached hydrogen (secondary N) is 2. The van der Waals surface area contributed by atoms with Crippen molar-refractivity contribution in [2.24, 2.45) is 23.2 Å². The molecule has 0 atom stereocenters. The summed E-state index contributed by atoms with van der Waals surface area (Å²) in [7, 11) is 0. The number of carbonyl (C=O) groups excluding carboxylic acids is 2. The smallest absolute Gasteiger partial charge is 0.257 e. The molecular weight excluding hydrogens is 406 g/mol. The third kappa shape index (κ3) is 3.43. The van der Waals surface area contributed by atoms with Gasteiger partial charge in [0.1, 0.15) is 0 Å². The second kappa shape index (κ2) is 7.16. The van der Waals surface area contributed by atoms with Crippen LogP contribution in [-0.4, -0.2) is 16.8 Å². The predicted octanol–water partition coefficient (Wildman–Crippen LogP) is 5.70. The molecule has 0 spiro atoms. The minimum atomic E-state index is -0.171. The van der Waals surface area contributed by atoms with Gasteiger partial charge in [-0.15, -0.1) is 0 Å². The molecule has 0 unspecified atom stereocenters. The Morgan fingerprint density at radius 3 is 2.26 bits per heavy atom. The summed E-state index contributed by atoms with van der Waals surface area (Å²) in [5.41, 5.74) is 2.08. The van der Waals surface area contributed by atoms with Crippen LogP contribution in [0.3, 0.4) is 0 Å². The molecule has 4 aliphatic carbocycles. The molecule has 1 heterocycles. The summed E-state index contributed by atoms with van der Waals surface area (Å²) in [6.45, 7) is 0. The van der Waals surface area contributed by atoms with E-state index in [1.165, 1.54) is 30.6 Å². The Hall–Kier alpha value is -2.73. The van der Waals surface area contributed by atoms with Gasteiger partial charge in [0.2, 0.25) is 5.91 Å². The summed E-state index contributed by atoms with van der Waals surface area (Å²) in [5, 5.41) is 6.66. The zero-order chi connectivity index (χ0) is 21.0. The Morgan fingerprint density at radius 2 is 1.58 bits per heavy atom. The first kappa shape index (κ1) is 19.0. The van der Waals surface area contributed by atoms with Crippen LogP contribution >= 0.6 is 11.3 Å². The van der Waals surface area contributed by atoms with Crippen LogP contribution in [0, 0.1) is 23.2 Å². The van der Waals surface area contributed by atoms with Crippen LogP contribution in [0.2, 0.25) is 0 Å². The Kier molecular flexibility index (Phi) is 4.39. The summed E-state index contributed by atoms with van der Waals surface area (Å²) in [4.78, 5) is 30.3. The molecule has 0 aliphatic heterocycles. The Bertz CT molecular complexity index is 1130. The lowest BCUT2D eigenvalue weighted by atomic mass is 9.49. The molecule has 6 heteroatoms. The molecule has 7 rings (SSSR count). The monoisotopic (exact) mass is 431 g/mol. The summed E-state index contributed by atoms with van der Waals surface area (Å²) in [6.07, 6.45) is 7.17. The number of nitrogens with zero attached hydrogens (tertiary/aromatic N) is 1. The maximum absolute atomic E-state index is 13.3. The van der Waals surface area contributed by atoms with Crippen LogP contribution in [0.1, 0.15) is 48.9 Å². The number of anilines is 2. The van der Waals surface area contributed by atoms with E-state index in [0.717, 1.165) is 52.9 Å². The average Bonchev–Trinajstić information content (AvgIpc) is 3.15. The Balaban J connectivity index is 1.19. The van der Waals surface area contributed by atoms with Crippen LogP contribution in [0.25, 0.3) is 10.2 Å². The first-order chi connectivity index (χ1) is 15.1. The first-order valence-electron chi connectivity index (χ1n) is 11.1. The predicted molar refractivity (Wildman–Crippen MR) is 123 cm³/mol. The van der Waals surface area contributed by atoms with Crippen LogP contribution in [0.4, 0.5) is 10.8 Å². The highest BCUT2D eigenvalue weighted by Crippen LogP contribution is 2.60. The van der Waals surface area contributed by atoms with E-state index in [0.29, 0.717) is 10.7 Å². The second-order valence-corrected chi connectivity index (χ2v) is 10.7. The number of hydrogen-bond donors (Lipinski definition) is 2. The van der Waals surface area contributed by atoms with Crippen LogP contribution in [0.15, 0.2) is 48.5 Å². The molecule has 3 aromatic rings. The third-order valence-corrected chi connectivity index (χ3v) is 8.36. The summed E-state index contributed by atoms with van der Waals surface area (Å²) in [5.74, 6) is 2.27. The standard InChI is InChI=1S/C25H25N3O2S/c29-22(18-4-2-1-3-5-18)28-24-27-20-7-6-19(11-21(20)31-24)26-23(30)25-12-15-8-16(13-25)10-17(9-15)14-25/h1-7,11,15-17H,8-10,12-14H2,(H,26,30)(H,27,28,29). The average molecular weight is 432 g/mol. The van der Waals surface area contributed by atoms with Crippen molar-refractivity contribution in [3.63, 3.8) is 0 Å². The first-order valence-corrected chi connectivity index (χ1v) is 12.0. The van der Waals surface area contributed by atoms with Crippen molar-refractivity contribution in [1.82, 2.24) is 4.98 Å². The number of hydrogen-bond acceptors (Lipinski definition) is 4. The normalized spacial score (nSPS) is 28.6. The fourth-order valence-electron chi connectivity index (χ4n) is 6.47. The second-order valence-electron chi connectivity index (χ2n) is 9.67. The molecule has 2 amide bonds. The molecule has 2 N–H and O–H groups in total. The van der Waals surface area contributed by atoms with Gasteiger partial charge in [0.05, 0.1) is 15.6 Å². The van der Waals surface area contributed by atoms with Crippen molar-refractivity contribution in [1.29, 1.82) is 0 Å². The van der Waals surface area contributed by atoms with Gasteiger partial charge >= 0.3 is 0 Å². The number of aromatic nitrogens is 1. The number of thiazole rings is 1. The highest BCUT2D eigenvalue weighted by molar-refractivity contribution is 7.22. The lowest BCUT2D eigenvalue weighted by Gasteiger charge is -2.55. The van der Waals surface area contributed by atoms with Gasteiger partial charge in [0.25, 0.3) is 5.91 Å². The quantitative estimate of drug-likeness (QED) is 0.556. The van der Waals surface area contributed by atoms with Gasteiger partial charge in [-0.05, 0) is 86.6 Å². The summed E-state index contributed by atoms with van der Waals surface area (Å²) in [6, 6.07) is 14.9. The van der Waals surface area contributed by atoms with Crippen molar-refractivity contribution in [3.8, 4) is 0 Å². The highest BCUT2D eigenvalue weighted by atomic mass is 32.1. The fourth-order valence-corrected chi connectivity index (χ4v) is 7.37. The molecular formula is C25H25N3O2S. The molecule has 4 saturated carbocycles. The van der Waals surface area contributed by atoms with Gasteiger partial charge in [-0.2, -0.15) is 0 Å². The number of benzene rings is 2. The van der Waals surface area contributed by atoms with Gasteiger partial charge in [0, 0.05) is 11.3 Å². The number of amides is 2. The van der Waals surface area contributed by atoms with Gasteiger partial charge < -0.3 is 5.32 Å². The molecule has 158 valence electrons. The molecule has 2 aromatic carbocycles. The Labute approximate surface area is 185 Å². The zero-order valence-corrected chi connectivity index (χ0v) is 18.1. The van der Waals surface area contributed by atoms with Gasteiger partial charge in [0.15, 0.2) is 5.13 Å². The molecule has 1 aromatic heterocycles. The van der Waals surface area contributed by atoms with Crippen LogP contribution in [0.5, 0.6) is 0 Å². The van der Waals surface area contributed by atoms with E-state index in [-0.39, 0.29) is 17.2 Å². The van der Waals surface area contributed by atoms with Crippen LogP contribution < -0.4 is 10.6 Å². The van der Waals surface area contributed by atoms with E-state index in [1.807, 2.05) is 36.4 Å². The number of fused-ring (bicyclic) bond motifs is 1. The minimum Gasteiger partial charge on any atom is -0.326 e. The molecule has 4 fully saturated rings. The summed E-state index contributed by atoms with van der Waals surface area (Å²) >= 11 is 1.43. The van der Waals surface area contributed by atoms with E-state index in [9.17, 15) is 9.59 Å². The van der Waals surface area contributed by atoms with Crippen LogP contribution in [-0.2, 0) is 4.79 Å². The van der Waals surface area contributed by atoms with E-state index in [2.05, 4.69) is 15.6 Å². The highest BCUT2D eigenvalue weighted by Gasteiger charge is 2.54. The fraction of sp³-hybridized carbons (Fsp3) is 0.400. The van der Waals surface area contributed by atoms with Gasteiger partial charge in [-0.3, -0.25) is 14.9 Å². The van der Waals surface area contributed by atoms with E-state index in [4.69, 9.17) is 0 Å². The van der Waals surface area contributed by atoms with Crippen molar-refractivity contribution in [2.75, 3.05) is 10.6 Å².